The molecule has 0 heterocycles. The highest BCUT2D eigenvalue weighted by atomic mass is 14.9. The van der Waals surface area contributed by atoms with Crippen molar-refractivity contribution in [2.24, 2.45) is 17.4 Å². The maximum Gasteiger partial charge on any atom is 0.0633 e. The van der Waals surface area contributed by atoms with Gasteiger partial charge in [-0.3, -0.25) is 0 Å². The molecule has 0 unspecified atom stereocenters. The summed E-state index contributed by atoms with van der Waals surface area (Å²) in [4.78, 5) is 0. The molecule has 4 N–H and O–H groups in total. The molecule has 0 amide bonds. The van der Waals surface area contributed by atoms with E-state index in [2.05, 4.69) is 20.8 Å². The van der Waals surface area contributed by atoms with Crippen LogP contribution in [-0.2, 0) is 0 Å². The fourth-order valence-corrected chi connectivity index (χ4v) is 4.19. The first kappa shape index (κ1) is 28.9. The van der Waals surface area contributed by atoms with Crippen LogP contribution in [0.25, 0.3) is 0 Å². The Kier molecular flexibility index (Phi) is 21.1. The minimum Gasteiger partial charge on any atom is -0.314 e. The van der Waals surface area contributed by atoms with Gasteiger partial charge in [0.15, 0.2) is 0 Å². The van der Waals surface area contributed by atoms with E-state index in [1.807, 2.05) is 0 Å². The predicted octanol–water partition coefficient (Wildman–Crippen LogP) is 8.86. The van der Waals surface area contributed by atoms with Gasteiger partial charge in [0.25, 0.3) is 0 Å². The molecule has 2 nitrogen and oxygen atoms in total. The molecule has 176 valence electrons. The summed E-state index contributed by atoms with van der Waals surface area (Å²) >= 11 is 0. The third kappa shape index (κ3) is 24.1. The van der Waals surface area contributed by atoms with Crippen LogP contribution in [0.5, 0.6) is 0 Å². The van der Waals surface area contributed by atoms with E-state index >= 15 is 0 Å². The van der Waals surface area contributed by atoms with Crippen LogP contribution in [0.15, 0.2) is 0 Å². The third-order valence-corrected chi connectivity index (χ3v) is 6.58. The zero-order valence-corrected chi connectivity index (χ0v) is 20.8. The molecule has 0 aliphatic carbocycles. The molecule has 0 spiro atoms. The highest BCUT2D eigenvalue weighted by Crippen LogP contribution is 2.16. The normalized spacial score (nSPS) is 12.2. The Morgan fingerprint density at radius 3 is 1.03 bits per heavy atom. The van der Waals surface area contributed by atoms with Crippen molar-refractivity contribution >= 4 is 0 Å². The van der Waals surface area contributed by atoms with E-state index in [0.29, 0.717) is 0 Å². The molecule has 2 heteroatoms. The average molecular weight is 411 g/mol. The van der Waals surface area contributed by atoms with Gasteiger partial charge >= 0.3 is 0 Å². The van der Waals surface area contributed by atoms with Crippen molar-refractivity contribution in [1.82, 2.24) is 0 Å². The number of hydrogen-bond donors (Lipinski definition) is 2. The van der Waals surface area contributed by atoms with Gasteiger partial charge in [-0.2, -0.15) is 0 Å². The van der Waals surface area contributed by atoms with Crippen LogP contribution in [0.3, 0.4) is 0 Å². The average Bonchev–Trinajstić information content (AvgIpc) is 2.69. The highest BCUT2D eigenvalue weighted by Gasteiger charge is 2.14. The highest BCUT2D eigenvalue weighted by molar-refractivity contribution is 4.73. The summed E-state index contributed by atoms with van der Waals surface area (Å²) in [5.41, 5.74) is 11.5. The predicted molar refractivity (Wildman–Crippen MR) is 133 cm³/mol. The van der Waals surface area contributed by atoms with Crippen molar-refractivity contribution in [3.8, 4) is 0 Å². The number of hydrogen-bond acceptors (Lipinski definition) is 2. The van der Waals surface area contributed by atoms with E-state index in [4.69, 9.17) is 11.5 Å². The summed E-state index contributed by atoms with van der Waals surface area (Å²) in [5, 5.41) is 0. The fraction of sp³-hybridized carbons (Fsp3) is 1.00. The lowest BCUT2D eigenvalue weighted by atomic mass is 9.99. The smallest absolute Gasteiger partial charge is 0.0633 e. The van der Waals surface area contributed by atoms with E-state index in [-0.39, 0.29) is 0 Å². The second-order valence-corrected chi connectivity index (χ2v) is 10.2. The van der Waals surface area contributed by atoms with Gasteiger partial charge in [0.1, 0.15) is 0 Å². The van der Waals surface area contributed by atoms with Gasteiger partial charge in [-0.05, 0) is 18.8 Å². The van der Waals surface area contributed by atoms with Gasteiger partial charge in [-0.15, -0.1) is 0 Å². The Balaban J connectivity index is 3.07. The quantitative estimate of drug-likeness (QED) is 0.130. The molecular formula is C27H58N2. The Bertz CT molecular complexity index is 312. The van der Waals surface area contributed by atoms with Crippen LogP contribution in [0.4, 0.5) is 0 Å². The van der Waals surface area contributed by atoms with Gasteiger partial charge in [0, 0.05) is 0 Å². The fourth-order valence-electron chi connectivity index (χ4n) is 4.19. The first-order chi connectivity index (χ1) is 14.0. The molecule has 0 fully saturated rings. The first-order valence-electron chi connectivity index (χ1n) is 13.6. The summed E-state index contributed by atoms with van der Waals surface area (Å²) in [6, 6.07) is 0. The minimum absolute atomic E-state index is 0.424. The van der Waals surface area contributed by atoms with E-state index in [0.717, 1.165) is 18.8 Å². The summed E-state index contributed by atoms with van der Waals surface area (Å²) in [6.07, 6.45) is 30.4. The van der Waals surface area contributed by atoms with Gasteiger partial charge < -0.3 is 11.5 Å². The molecule has 0 atom stereocenters. The summed E-state index contributed by atoms with van der Waals surface area (Å²) in [5.74, 6) is 0.889. The lowest BCUT2D eigenvalue weighted by Gasteiger charge is -2.22. The molecule has 0 saturated carbocycles. The molecule has 0 rings (SSSR count). The van der Waals surface area contributed by atoms with Crippen LogP contribution >= 0.6 is 0 Å². The number of unbranched alkanes of at least 4 members (excludes halogenated alkanes) is 18. The SMILES string of the molecule is CCC(N)(N)CCCCCCCCCCCCCCCCCCCCCC(C)C. The van der Waals surface area contributed by atoms with Crippen LogP contribution in [-0.4, -0.2) is 5.66 Å². The molecule has 0 aliphatic heterocycles. The maximum absolute atomic E-state index is 5.98. The van der Waals surface area contributed by atoms with Crippen molar-refractivity contribution in [3.63, 3.8) is 0 Å². The topological polar surface area (TPSA) is 52.0 Å². The van der Waals surface area contributed by atoms with E-state index in [1.165, 1.54) is 128 Å². The number of rotatable bonds is 23. The Morgan fingerprint density at radius 1 is 0.483 bits per heavy atom. The van der Waals surface area contributed by atoms with E-state index in [9.17, 15) is 0 Å². The summed E-state index contributed by atoms with van der Waals surface area (Å²) in [7, 11) is 0. The second kappa shape index (κ2) is 21.2. The monoisotopic (exact) mass is 410 g/mol. The van der Waals surface area contributed by atoms with Crippen molar-refractivity contribution in [2.75, 3.05) is 0 Å². The molecule has 29 heavy (non-hydrogen) atoms. The van der Waals surface area contributed by atoms with Crippen LogP contribution in [0, 0.1) is 5.92 Å². The number of nitrogens with two attached hydrogens (primary N) is 2. The van der Waals surface area contributed by atoms with Crippen LogP contribution in [0.1, 0.15) is 162 Å². The van der Waals surface area contributed by atoms with Crippen molar-refractivity contribution in [3.05, 3.63) is 0 Å². The van der Waals surface area contributed by atoms with Gasteiger partial charge in [0.05, 0.1) is 5.66 Å². The lowest BCUT2D eigenvalue weighted by molar-refractivity contribution is 0.374. The Morgan fingerprint density at radius 2 is 0.759 bits per heavy atom. The molecule has 0 aromatic carbocycles. The lowest BCUT2D eigenvalue weighted by Crippen LogP contribution is -2.48. The van der Waals surface area contributed by atoms with Gasteiger partial charge in [-0.25, -0.2) is 0 Å². The zero-order chi connectivity index (χ0) is 21.6. The van der Waals surface area contributed by atoms with Gasteiger partial charge in [0.2, 0.25) is 0 Å². The molecule has 0 aromatic heterocycles. The van der Waals surface area contributed by atoms with E-state index in [1.54, 1.807) is 0 Å². The molecule has 0 aliphatic rings. The van der Waals surface area contributed by atoms with Gasteiger partial charge in [-0.1, -0.05) is 149 Å². The van der Waals surface area contributed by atoms with Crippen LogP contribution in [0.2, 0.25) is 0 Å². The Labute approximate surface area is 185 Å². The molecule has 0 radical (unpaired) electrons. The molecule has 0 saturated heterocycles. The minimum atomic E-state index is -0.424. The summed E-state index contributed by atoms with van der Waals surface area (Å²) < 4.78 is 0. The van der Waals surface area contributed by atoms with Crippen molar-refractivity contribution < 1.29 is 0 Å². The molecule has 0 bridgehead atoms. The zero-order valence-electron chi connectivity index (χ0n) is 20.8. The first-order valence-corrected chi connectivity index (χ1v) is 13.6. The standard InChI is InChI=1S/C27H58N2/c1-4-27(28,29)25-23-21-19-17-15-13-11-9-7-5-6-8-10-12-14-16-18-20-22-24-26(2)3/h26H,4-25,28-29H2,1-3H3. The van der Waals surface area contributed by atoms with Crippen molar-refractivity contribution in [2.45, 2.75) is 168 Å². The molecule has 0 aromatic rings. The van der Waals surface area contributed by atoms with Crippen molar-refractivity contribution in [1.29, 1.82) is 0 Å². The van der Waals surface area contributed by atoms with E-state index < -0.39 is 5.66 Å². The third-order valence-electron chi connectivity index (χ3n) is 6.58. The maximum atomic E-state index is 5.98. The molecular weight excluding hydrogens is 352 g/mol. The van der Waals surface area contributed by atoms with Crippen LogP contribution < -0.4 is 11.5 Å². The second-order valence-electron chi connectivity index (χ2n) is 10.2. The largest absolute Gasteiger partial charge is 0.314 e. The Hall–Kier alpha value is -0.0800. The summed E-state index contributed by atoms with van der Waals surface area (Å²) in [6.45, 7) is 6.76.